The first kappa shape index (κ1) is 13.3. The van der Waals surface area contributed by atoms with Crippen LogP contribution in [0.25, 0.3) is 0 Å². The zero-order valence-electron chi connectivity index (χ0n) is 11.8. The fourth-order valence-electron chi connectivity index (χ4n) is 3.07. The van der Waals surface area contributed by atoms with Gasteiger partial charge in [0.1, 0.15) is 5.78 Å². The van der Waals surface area contributed by atoms with Crippen molar-refractivity contribution in [3.05, 3.63) is 35.9 Å². The molecule has 0 aromatic heterocycles. The maximum Gasteiger partial charge on any atom is 0.140 e. The molecule has 0 saturated heterocycles. The second-order valence-electron chi connectivity index (χ2n) is 6.61. The van der Waals surface area contributed by atoms with E-state index in [-0.39, 0.29) is 5.92 Å². The molecular formula is C17H24O. The quantitative estimate of drug-likeness (QED) is 0.661. The van der Waals surface area contributed by atoms with E-state index in [0.717, 1.165) is 19.3 Å². The van der Waals surface area contributed by atoms with Crippen molar-refractivity contribution < 1.29 is 4.79 Å². The molecule has 1 aliphatic carbocycles. The van der Waals surface area contributed by atoms with E-state index in [1.165, 1.54) is 12.0 Å². The van der Waals surface area contributed by atoms with Crippen molar-refractivity contribution in [2.75, 3.05) is 0 Å². The minimum absolute atomic E-state index is 0.138. The number of carbonyl (C=O) groups is 1. The number of ketones is 1. The first-order chi connectivity index (χ1) is 8.48. The summed E-state index contributed by atoms with van der Waals surface area (Å²) in [6, 6.07) is 10.3. The molecule has 18 heavy (non-hydrogen) atoms. The van der Waals surface area contributed by atoms with Crippen molar-refractivity contribution in [1.82, 2.24) is 0 Å². The summed E-state index contributed by atoms with van der Waals surface area (Å²) < 4.78 is 0. The van der Waals surface area contributed by atoms with Gasteiger partial charge in [-0.25, -0.2) is 0 Å². The molecule has 1 fully saturated rings. The van der Waals surface area contributed by atoms with Gasteiger partial charge in [-0.3, -0.25) is 4.79 Å². The third-order valence-electron chi connectivity index (χ3n) is 4.36. The van der Waals surface area contributed by atoms with E-state index in [9.17, 15) is 4.79 Å². The number of benzene rings is 1. The molecule has 0 bridgehead atoms. The molecule has 0 heterocycles. The van der Waals surface area contributed by atoms with E-state index >= 15 is 0 Å². The van der Waals surface area contributed by atoms with Crippen LogP contribution in [-0.4, -0.2) is 5.78 Å². The predicted octanol–water partition coefficient (Wildman–Crippen LogP) is 4.58. The molecule has 0 N–H and O–H groups in total. The normalized spacial score (nSPS) is 25.8. The molecule has 1 aromatic rings. The smallest absolute Gasteiger partial charge is 0.140 e. The molecule has 1 saturated carbocycles. The van der Waals surface area contributed by atoms with Gasteiger partial charge in [-0.2, -0.15) is 0 Å². The minimum Gasteiger partial charge on any atom is -0.299 e. The van der Waals surface area contributed by atoms with Crippen LogP contribution in [0.2, 0.25) is 0 Å². The highest BCUT2D eigenvalue weighted by Gasteiger charge is 2.31. The van der Waals surface area contributed by atoms with Crippen LogP contribution in [0.1, 0.15) is 57.9 Å². The summed E-state index contributed by atoms with van der Waals surface area (Å²) in [5, 5.41) is 0. The Hall–Kier alpha value is -1.11. The number of Topliss-reactive ketones (excluding diaryl/α,β-unsaturated/α-hetero) is 1. The van der Waals surface area contributed by atoms with E-state index in [0.29, 0.717) is 17.1 Å². The van der Waals surface area contributed by atoms with Gasteiger partial charge < -0.3 is 0 Å². The molecule has 98 valence electrons. The lowest BCUT2D eigenvalue weighted by Crippen LogP contribution is -2.19. The number of carbonyl (C=O) groups excluding carboxylic acids is 1. The van der Waals surface area contributed by atoms with Crippen LogP contribution < -0.4 is 0 Å². The van der Waals surface area contributed by atoms with Gasteiger partial charge in [0, 0.05) is 12.3 Å². The molecule has 2 rings (SSSR count). The molecular weight excluding hydrogens is 220 g/mol. The van der Waals surface area contributed by atoms with E-state index in [4.69, 9.17) is 0 Å². The van der Waals surface area contributed by atoms with Gasteiger partial charge in [-0.1, -0.05) is 51.1 Å². The highest BCUT2D eigenvalue weighted by molar-refractivity contribution is 5.85. The van der Waals surface area contributed by atoms with Gasteiger partial charge in [0.05, 0.1) is 0 Å². The van der Waals surface area contributed by atoms with Crippen molar-refractivity contribution in [1.29, 1.82) is 0 Å². The third-order valence-corrected chi connectivity index (χ3v) is 4.36. The summed E-state index contributed by atoms with van der Waals surface area (Å²) in [5.41, 5.74) is 1.53. The standard InChI is InChI=1S/C17H24O/c1-17(2,3)14-9-11-15(16(18)12-10-14)13-7-5-4-6-8-13/h4-8,14-15H,9-12H2,1-3H3/t14-,15-/m0/s1. The van der Waals surface area contributed by atoms with Crippen molar-refractivity contribution in [2.45, 2.75) is 52.4 Å². The van der Waals surface area contributed by atoms with Gasteiger partial charge in [0.2, 0.25) is 0 Å². The Balaban J connectivity index is 2.13. The van der Waals surface area contributed by atoms with Crippen LogP contribution in [0.5, 0.6) is 0 Å². The average Bonchev–Trinajstić information content (AvgIpc) is 2.52. The van der Waals surface area contributed by atoms with Crippen molar-refractivity contribution >= 4 is 5.78 Å². The van der Waals surface area contributed by atoms with Crippen LogP contribution in [0.15, 0.2) is 30.3 Å². The van der Waals surface area contributed by atoms with Crippen LogP contribution in [-0.2, 0) is 4.79 Å². The average molecular weight is 244 g/mol. The molecule has 1 nitrogen and oxygen atoms in total. The molecule has 2 atom stereocenters. The summed E-state index contributed by atoms with van der Waals surface area (Å²) >= 11 is 0. The summed E-state index contributed by atoms with van der Waals surface area (Å²) in [5.74, 6) is 1.25. The molecule has 0 radical (unpaired) electrons. The number of hydrogen-bond acceptors (Lipinski definition) is 1. The molecule has 0 unspecified atom stereocenters. The maximum absolute atomic E-state index is 12.3. The van der Waals surface area contributed by atoms with E-state index < -0.39 is 0 Å². The highest BCUT2D eigenvalue weighted by atomic mass is 16.1. The second-order valence-corrected chi connectivity index (χ2v) is 6.61. The molecule has 1 aliphatic rings. The highest BCUT2D eigenvalue weighted by Crippen LogP contribution is 2.39. The van der Waals surface area contributed by atoms with Crippen LogP contribution in [0.3, 0.4) is 0 Å². The Kier molecular flexibility index (Phi) is 3.89. The SMILES string of the molecule is CC(C)(C)[C@@H]1CCC(=O)[C@H](c2ccccc2)CC1. The Labute approximate surface area is 111 Å². The first-order valence-electron chi connectivity index (χ1n) is 7.06. The fourth-order valence-corrected chi connectivity index (χ4v) is 3.07. The summed E-state index contributed by atoms with van der Waals surface area (Å²) in [6.45, 7) is 6.89. The van der Waals surface area contributed by atoms with Crippen LogP contribution >= 0.6 is 0 Å². The largest absolute Gasteiger partial charge is 0.299 e. The minimum atomic E-state index is 0.138. The Morgan fingerprint density at radius 2 is 1.67 bits per heavy atom. The Morgan fingerprint density at radius 3 is 2.28 bits per heavy atom. The number of hydrogen-bond donors (Lipinski definition) is 0. The third kappa shape index (κ3) is 3.01. The lowest BCUT2D eigenvalue weighted by atomic mass is 9.76. The lowest BCUT2D eigenvalue weighted by Gasteiger charge is -2.29. The van der Waals surface area contributed by atoms with Crippen molar-refractivity contribution in [2.24, 2.45) is 11.3 Å². The zero-order valence-corrected chi connectivity index (χ0v) is 11.8. The van der Waals surface area contributed by atoms with Gasteiger partial charge >= 0.3 is 0 Å². The van der Waals surface area contributed by atoms with E-state index in [2.05, 4.69) is 32.9 Å². The summed E-state index contributed by atoms with van der Waals surface area (Å²) in [4.78, 5) is 12.3. The first-order valence-corrected chi connectivity index (χ1v) is 7.06. The molecule has 1 heteroatoms. The van der Waals surface area contributed by atoms with Gasteiger partial charge in [0.25, 0.3) is 0 Å². The molecule has 0 amide bonds. The van der Waals surface area contributed by atoms with Gasteiger partial charge in [-0.15, -0.1) is 0 Å². The van der Waals surface area contributed by atoms with Crippen molar-refractivity contribution in [3.63, 3.8) is 0 Å². The Morgan fingerprint density at radius 1 is 1.00 bits per heavy atom. The molecule has 0 aliphatic heterocycles. The molecule has 1 aromatic carbocycles. The predicted molar refractivity (Wildman–Crippen MR) is 75.6 cm³/mol. The topological polar surface area (TPSA) is 17.1 Å². The monoisotopic (exact) mass is 244 g/mol. The Bertz CT molecular complexity index is 399. The summed E-state index contributed by atoms with van der Waals surface area (Å²) in [7, 11) is 0. The maximum atomic E-state index is 12.3. The van der Waals surface area contributed by atoms with E-state index in [1.807, 2.05) is 18.2 Å². The molecule has 0 spiro atoms. The van der Waals surface area contributed by atoms with Crippen molar-refractivity contribution in [3.8, 4) is 0 Å². The van der Waals surface area contributed by atoms with Gasteiger partial charge in [0.15, 0.2) is 0 Å². The van der Waals surface area contributed by atoms with E-state index in [1.54, 1.807) is 0 Å². The lowest BCUT2D eigenvalue weighted by molar-refractivity contribution is -0.120. The second kappa shape index (κ2) is 5.26. The number of rotatable bonds is 1. The summed E-state index contributed by atoms with van der Waals surface area (Å²) in [6.07, 6.45) is 4.01. The van der Waals surface area contributed by atoms with Crippen LogP contribution in [0, 0.1) is 11.3 Å². The zero-order chi connectivity index (χ0) is 13.2. The van der Waals surface area contributed by atoms with Crippen LogP contribution in [0.4, 0.5) is 0 Å². The van der Waals surface area contributed by atoms with Gasteiger partial charge in [-0.05, 0) is 36.2 Å². The fraction of sp³-hybridized carbons (Fsp3) is 0.588.